The van der Waals surface area contributed by atoms with Crippen LogP contribution in [0.5, 0.6) is 5.75 Å². The summed E-state index contributed by atoms with van der Waals surface area (Å²) >= 11 is 0. The van der Waals surface area contributed by atoms with E-state index in [9.17, 15) is 0 Å². The molecular weight excluding hydrogens is 228 g/mol. The van der Waals surface area contributed by atoms with Crippen LogP contribution in [0.1, 0.15) is 31.4 Å². The van der Waals surface area contributed by atoms with Crippen LogP contribution in [0.4, 0.5) is 0 Å². The van der Waals surface area contributed by atoms with Crippen molar-refractivity contribution < 1.29 is 9.47 Å². The third-order valence-corrected chi connectivity index (χ3v) is 2.94. The van der Waals surface area contributed by atoms with Crippen LogP contribution in [0.2, 0.25) is 0 Å². The second kappa shape index (κ2) is 6.42. The van der Waals surface area contributed by atoms with Gasteiger partial charge in [0.1, 0.15) is 17.6 Å². The number of rotatable bonds is 5. The van der Waals surface area contributed by atoms with Crippen molar-refractivity contribution in [1.82, 2.24) is 5.43 Å². The molecule has 98 valence electrons. The summed E-state index contributed by atoms with van der Waals surface area (Å²) in [7, 11) is 0. The van der Waals surface area contributed by atoms with Gasteiger partial charge in [-0.2, -0.15) is 0 Å². The number of allylic oxidation sites excluding steroid dienone is 1. The van der Waals surface area contributed by atoms with E-state index in [1.165, 1.54) is 0 Å². The summed E-state index contributed by atoms with van der Waals surface area (Å²) in [5.41, 5.74) is 3.82. The maximum absolute atomic E-state index is 5.68. The SMILES string of the molecule is CCOc1ccccc1C(NN)C1=CCCCO1. The van der Waals surface area contributed by atoms with Crippen LogP contribution >= 0.6 is 0 Å². The number of ether oxygens (including phenoxy) is 2. The van der Waals surface area contributed by atoms with Crippen LogP contribution in [0.15, 0.2) is 36.1 Å². The first-order valence-corrected chi connectivity index (χ1v) is 6.37. The van der Waals surface area contributed by atoms with Gasteiger partial charge in [-0.3, -0.25) is 5.84 Å². The highest BCUT2D eigenvalue weighted by atomic mass is 16.5. The number of hydrogen-bond acceptors (Lipinski definition) is 4. The smallest absolute Gasteiger partial charge is 0.124 e. The molecular formula is C14H20N2O2. The first-order chi connectivity index (χ1) is 8.86. The number of para-hydroxylation sites is 1. The van der Waals surface area contributed by atoms with E-state index in [1.807, 2.05) is 31.2 Å². The van der Waals surface area contributed by atoms with E-state index in [2.05, 4.69) is 11.5 Å². The molecule has 3 N–H and O–H groups in total. The van der Waals surface area contributed by atoms with E-state index in [4.69, 9.17) is 15.3 Å². The molecule has 0 spiro atoms. The summed E-state index contributed by atoms with van der Waals surface area (Å²) in [6.07, 6.45) is 4.19. The Kier molecular flexibility index (Phi) is 4.61. The summed E-state index contributed by atoms with van der Waals surface area (Å²) < 4.78 is 11.3. The highest BCUT2D eigenvalue weighted by Gasteiger charge is 2.21. The molecule has 0 saturated heterocycles. The monoisotopic (exact) mass is 248 g/mol. The van der Waals surface area contributed by atoms with E-state index in [0.717, 1.165) is 36.5 Å². The number of nitrogens with one attached hydrogen (secondary N) is 1. The van der Waals surface area contributed by atoms with Crippen molar-refractivity contribution in [3.63, 3.8) is 0 Å². The van der Waals surface area contributed by atoms with E-state index < -0.39 is 0 Å². The normalized spacial score (nSPS) is 16.7. The van der Waals surface area contributed by atoms with Crippen LogP contribution in [0.3, 0.4) is 0 Å². The number of benzene rings is 1. The van der Waals surface area contributed by atoms with Crippen molar-refractivity contribution in [2.75, 3.05) is 13.2 Å². The molecule has 0 bridgehead atoms. The molecule has 0 radical (unpaired) electrons. The average Bonchev–Trinajstić information content (AvgIpc) is 2.43. The fourth-order valence-electron chi connectivity index (χ4n) is 2.11. The molecule has 18 heavy (non-hydrogen) atoms. The van der Waals surface area contributed by atoms with Crippen molar-refractivity contribution >= 4 is 0 Å². The Morgan fingerprint density at radius 1 is 1.44 bits per heavy atom. The molecule has 0 aromatic heterocycles. The quantitative estimate of drug-likeness (QED) is 0.620. The minimum Gasteiger partial charge on any atom is -0.496 e. The Labute approximate surface area is 108 Å². The topological polar surface area (TPSA) is 56.5 Å². The van der Waals surface area contributed by atoms with E-state index >= 15 is 0 Å². The Morgan fingerprint density at radius 3 is 2.94 bits per heavy atom. The molecule has 1 unspecified atom stereocenters. The highest BCUT2D eigenvalue weighted by molar-refractivity contribution is 5.39. The van der Waals surface area contributed by atoms with Crippen LogP contribution in [-0.2, 0) is 4.74 Å². The lowest BCUT2D eigenvalue weighted by Gasteiger charge is -2.25. The fraction of sp³-hybridized carbons (Fsp3) is 0.429. The zero-order chi connectivity index (χ0) is 12.8. The zero-order valence-corrected chi connectivity index (χ0v) is 10.7. The molecule has 1 aliphatic heterocycles. The second-order valence-electron chi connectivity index (χ2n) is 4.17. The molecule has 4 heteroatoms. The van der Waals surface area contributed by atoms with Gasteiger partial charge in [0.2, 0.25) is 0 Å². The van der Waals surface area contributed by atoms with Gasteiger partial charge in [-0.15, -0.1) is 0 Å². The Hall–Kier alpha value is -1.52. The molecule has 0 amide bonds. The molecule has 1 heterocycles. The van der Waals surface area contributed by atoms with Crippen LogP contribution in [0, 0.1) is 0 Å². The van der Waals surface area contributed by atoms with Gasteiger partial charge in [0.05, 0.1) is 13.2 Å². The van der Waals surface area contributed by atoms with Gasteiger partial charge in [-0.05, 0) is 31.9 Å². The first-order valence-electron chi connectivity index (χ1n) is 6.37. The van der Waals surface area contributed by atoms with Crippen molar-refractivity contribution in [3.8, 4) is 5.75 Å². The number of hydrazine groups is 1. The summed E-state index contributed by atoms with van der Waals surface area (Å²) in [5.74, 6) is 7.40. The molecule has 1 aromatic carbocycles. The molecule has 2 rings (SSSR count). The minimum absolute atomic E-state index is 0.145. The fourth-order valence-corrected chi connectivity index (χ4v) is 2.11. The van der Waals surface area contributed by atoms with Gasteiger partial charge in [0, 0.05) is 5.56 Å². The predicted octanol–water partition coefficient (Wildman–Crippen LogP) is 2.28. The molecule has 0 saturated carbocycles. The van der Waals surface area contributed by atoms with Crippen molar-refractivity contribution in [2.45, 2.75) is 25.8 Å². The van der Waals surface area contributed by atoms with Gasteiger partial charge in [0.15, 0.2) is 0 Å². The molecule has 4 nitrogen and oxygen atoms in total. The zero-order valence-electron chi connectivity index (χ0n) is 10.7. The largest absolute Gasteiger partial charge is 0.496 e. The van der Waals surface area contributed by atoms with Gasteiger partial charge in [0.25, 0.3) is 0 Å². The average molecular weight is 248 g/mol. The van der Waals surface area contributed by atoms with E-state index in [0.29, 0.717) is 6.61 Å². The summed E-state index contributed by atoms with van der Waals surface area (Å²) in [4.78, 5) is 0. The Balaban J connectivity index is 2.29. The molecule has 0 aliphatic carbocycles. The van der Waals surface area contributed by atoms with E-state index in [1.54, 1.807) is 0 Å². The molecule has 0 fully saturated rings. The summed E-state index contributed by atoms with van der Waals surface area (Å²) in [6.45, 7) is 3.35. The molecule has 1 aliphatic rings. The van der Waals surface area contributed by atoms with Crippen LogP contribution < -0.4 is 16.0 Å². The van der Waals surface area contributed by atoms with Gasteiger partial charge >= 0.3 is 0 Å². The summed E-state index contributed by atoms with van der Waals surface area (Å²) in [6, 6.07) is 7.75. The van der Waals surface area contributed by atoms with Crippen molar-refractivity contribution in [3.05, 3.63) is 41.7 Å². The Bertz CT molecular complexity index is 418. The van der Waals surface area contributed by atoms with Gasteiger partial charge in [-0.25, -0.2) is 5.43 Å². The van der Waals surface area contributed by atoms with Crippen LogP contribution in [0.25, 0.3) is 0 Å². The lowest BCUT2D eigenvalue weighted by Crippen LogP contribution is -2.31. The lowest BCUT2D eigenvalue weighted by molar-refractivity contribution is 0.166. The minimum atomic E-state index is -0.145. The highest BCUT2D eigenvalue weighted by Crippen LogP contribution is 2.31. The van der Waals surface area contributed by atoms with E-state index in [-0.39, 0.29) is 6.04 Å². The van der Waals surface area contributed by atoms with Gasteiger partial charge < -0.3 is 9.47 Å². The maximum Gasteiger partial charge on any atom is 0.124 e. The predicted molar refractivity (Wildman–Crippen MR) is 70.9 cm³/mol. The maximum atomic E-state index is 5.68. The number of nitrogens with two attached hydrogens (primary N) is 1. The summed E-state index contributed by atoms with van der Waals surface area (Å²) in [5, 5.41) is 0. The second-order valence-corrected chi connectivity index (χ2v) is 4.17. The van der Waals surface area contributed by atoms with Gasteiger partial charge in [-0.1, -0.05) is 18.2 Å². The first kappa shape index (κ1) is 12.9. The number of hydrogen-bond donors (Lipinski definition) is 2. The Morgan fingerprint density at radius 2 is 2.28 bits per heavy atom. The standard InChI is InChI=1S/C14H20N2O2/c1-2-17-12-8-4-3-7-11(12)14(16-15)13-9-5-6-10-18-13/h3-4,7-9,14,16H,2,5-6,10,15H2,1H3. The molecule has 1 atom stereocenters. The lowest BCUT2D eigenvalue weighted by atomic mass is 10.0. The molecule has 1 aromatic rings. The third kappa shape index (κ3) is 2.83. The van der Waals surface area contributed by atoms with Crippen molar-refractivity contribution in [1.29, 1.82) is 0 Å². The third-order valence-electron chi connectivity index (χ3n) is 2.94. The van der Waals surface area contributed by atoms with Crippen molar-refractivity contribution in [2.24, 2.45) is 5.84 Å². The van der Waals surface area contributed by atoms with Crippen LogP contribution in [-0.4, -0.2) is 13.2 Å².